The third-order valence-electron chi connectivity index (χ3n) is 2.92. The standard InChI is InChI=1S/C13H26F3NO/c1-5-7-17-9-11(12(2,3)4)6-8-18-10-13(14,15)16/h11,17H,5-10H2,1-4H3. The van der Waals surface area contributed by atoms with Gasteiger partial charge in [-0.2, -0.15) is 13.2 Å². The van der Waals surface area contributed by atoms with E-state index in [1.165, 1.54) is 0 Å². The van der Waals surface area contributed by atoms with Crippen LogP contribution in [0, 0.1) is 11.3 Å². The normalized spacial score (nSPS) is 14.8. The number of hydrogen-bond donors (Lipinski definition) is 1. The first-order valence-corrected chi connectivity index (χ1v) is 6.52. The van der Waals surface area contributed by atoms with Gasteiger partial charge in [-0.25, -0.2) is 0 Å². The van der Waals surface area contributed by atoms with Crippen molar-refractivity contribution >= 4 is 0 Å². The van der Waals surface area contributed by atoms with Crippen LogP contribution >= 0.6 is 0 Å². The first-order valence-electron chi connectivity index (χ1n) is 6.52. The van der Waals surface area contributed by atoms with Crippen LogP contribution in [-0.4, -0.2) is 32.5 Å². The number of nitrogens with one attached hydrogen (secondary N) is 1. The molecule has 0 aliphatic heterocycles. The Kier molecular flexibility index (Phi) is 7.87. The first kappa shape index (κ1) is 17.7. The third kappa shape index (κ3) is 9.71. The molecule has 0 bridgehead atoms. The van der Waals surface area contributed by atoms with Gasteiger partial charge in [-0.3, -0.25) is 0 Å². The van der Waals surface area contributed by atoms with Crippen LogP contribution in [-0.2, 0) is 4.74 Å². The molecule has 0 saturated carbocycles. The number of alkyl halides is 3. The van der Waals surface area contributed by atoms with E-state index in [2.05, 4.69) is 37.7 Å². The molecule has 5 heteroatoms. The van der Waals surface area contributed by atoms with Gasteiger partial charge in [-0.15, -0.1) is 0 Å². The molecule has 0 aliphatic carbocycles. The average Bonchev–Trinajstić information content (AvgIpc) is 2.18. The third-order valence-corrected chi connectivity index (χ3v) is 2.92. The van der Waals surface area contributed by atoms with Crippen LogP contribution in [0.15, 0.2) is 0 Å². The fourth-order valence-electron chi connectivity index (χ4n) is 1.71. The van der Waals surface area contributed by atoms with Crippen molar-refractivity contribution in [2.75, 3.05) is 26.3 Å². The molecule has 0 spiro atoms. The van der Waals surface area contributed by atoms with E-state index >= 15 is 0 Å². The highest BCUT2D eigenvalue weighted by Crippen LogP contribution is 2.28. The zero-order valence-electron chi connectivity index (χ0n) is 11.9. The molecule has 0 heterocycles. The quantitative estimate of drug-likeness (QED) is 0.680. The van der Waals surface area contributed by atoms with Gasteiger partial charge in [-0.1, -0.05) is 27.7 Å². The Bertz CT molecular complexity index is 211. The second-order valence-electron chi connectivity index (χ2n) is 5.72. The van der Waals surface area contributed by atoms with Crippen molar-refractivity contribution in [3.05, 3.63) is 0 Å². The second kappa shape index (κ2) is 8.00. The molecule has 0 amide bonds. The Morgan fingerprint density at radius 1 is 1.17 bits per heavy atom. The van der Waals surface area contributed by atoms with E-state index in [0.717, 1.165) is 19.5 Å². The van der Waals surface area contributed by atoms with Crippen LogP contribution in [0.1, 0.15) is 40.5 Å². The molecule has 1 unspecified atom stereocenters. The van der Waals surface area contributed by atoms with Crippen LogP contribution in [0.3, 0.4) is 0 Å². The molecule has 0 saturated heterocycles. The molecular weight excluding hydrogens is 243 g/mol. The Balaban J connectivity index is 3.95. The van der Waals surface area contributed by atoms with Crippen LogP contribution in [0.4, 0.5) is 13.2 Å². The number of rotatable bonds is 8. The molecule has 1 N–H and O–H groups in total. The minimum absolute atomic E-state index is 0.0718. The lowest BCUT2D eigenvalue weighted by Gasteiger charge is -2.31. The summed E-state index contributed by atoms with van der Waals surface area (Å²) >= 11 is 0. The van der Waals surface area contributed by atoms with Crippen molar-refractivity contribution in [1.29, 1.82) is 0 Å². The lowest BCUT2D eigenvalue weighted by molar-refractivity contribution is -0.175. The zero-order chi connectivity index (χ0) is 14.2. The van der Waals surface area contributed by atoms with Crippen molar-refractivity contribution in [3.63, 3.8) is 0 Å². The summed E-state index contributed by atoms with van der Waals surface area (Å²) in [5, 5.41) is 3.32. The summed E-state index contributed by atoms with van der Waals surface area (Å²) in [7, 11) is 0. The van der Waals surface area contributed by atoms with E-state index in [9.17, 15) is 13.2 Å². The smallest absolute Gasteiger partial charge is 0.372 e. The Morgan fingerprint density at radius 2 is 1.78 bits per heavy atom. The van der Waals surface area contributed by atoms with Gasteiger partial charge in [0.15, 0.2) is 0 Å². The maximum absolute atomic E-state index is 11.9. The fraction of sp³-hybridized carbons (Fsp3) is 1.00. The topological polar surface area (TPSA) is 21.3 Å². The minimum Gasteiger partial charge on any atom is -0.372 e. The molecule has 0 aromatic carbocycles. The predicted octanol–water partition coefficient (Wildman–Crippen LogP) is 3.62. The van der Waals surface area contributed by atoms with E-state index < -0.39 is 12.8 Å². The van der Waals surface area contributed by atoms with Gasteiger partial charge < -0.3 is 10.1 Å². The van der Waals surface area contributed by atoms with E-state index in [0.29, 0.717) is 12.3 Å². The molecule has 1 atom stereocenters. The van der Waals surface area contributed by atoms with Crippen LogP contribution in [0.2, 0.25) is 0 Å². The fourth-order valence-corrected chi connectivity index (χ4v) is 1.71. The summed E-state index contributed by atoms with van der Waals surface area (Å²) in [5.41, 5.74) is 0.0718. The van der Waals surface area contributed by atoms with Crippen molar-refractivity contribution in [3.8, 4) is 0 Å². The summed E-state index contributed by atoms with van der Waals surface area (Å²) in [6.45, 7) is 9.19. The molecule has 2 nitrogen and oxygen atoms in total. The van der Waals surface area contributed by atoms with Gasteiger partial charge in [0.25, 0.3) is 0 Å². The van der Waals surface area contributed by atoms with Gasteiger partial charge in [0, 0.05) is 6.61 Å². The second-order valence-corrected chi connectivity index (χ2v) is 5.72. The molecular formula is C13H26F3NO. The maximum atomic E-state index is 11.9. The summed E-state index contributed by atoms with van der Waals surface area (Å²) in [6, 6.07) is 0. The van der Waals surface area contributed by atoms with Gasteiger partial charge in [0.1, 0.15) is 6.61 Å². The highest BCUT2D eigenvalue weighted by Gasteiger charge is 2.28. The Morgan fingerprint density at radius 3 is 2.22 bits per heavy atom. The minimum atomic E-state index is -4.22. The predicted molar refractivity (Wildman–Crippen MR) is 67.6 cm³/mol. The van der Waals surface area contributed by atoms with Crippen LogP contribution in [0.5, 0.6) is 0 Å². The molecule has 110 valence electrons. The van der Waals surface area contributed by atoms with Gasteiger partial charge in [-0.05, 0) is 37.3 Å². The molecule has 0 aliphatic rings. The molecule has 0 fully saturated rings. The first-order chi connectivity index (χ1) is 8.17. The SMILES string of the molecule is CCCNCC(CCOCC(F)(F)F)C(C)(C)C. The molecule has 18 heavy (non-hydrogen) atoms. The number of ether oxygens (including phenoxy) is 1. The van der Waals surface area contributed by atoms with E-state index in [-0.39, 0.29) is 12.0 Å². The lowest BCUT2D eigenvalue weighted by atomic mass is 9.79. The van der Waals surface area contributed by atoms with Crippen molar-refractivity contribution in [2.45, 2.75) is 46.7 Å². The van der Waals surface area contributed by atoms with E-state index in [1.54, 1.807) is 0 Å². The molecule has 0 radical (unpaired) electrons. The van der Waals surface area contributed by atoms with E-state index in [1.807, 2.05) is 0 Å². The van der Waals surface area contributed by atoms with Gasteiger partial charge in [0.05, 0.1) is 0 Å². The Hall–Kier alpha value is -0.290. The lowest BCUT2D eigenvalue weighted by Crippen LogP contribution is -2.33. The van der Waals surface area contributed by atoms with E-state index in [4.69, 9.17) is 0 Å². The largest absolute Gasteiger partial charge is 0.411 e. The highest BCUT2D eigenvalue weighted by molar-refractivity contribution is 4.76. The number of halogens is 3. The average molecular weight is 269 g/mol. The summed E-state index contributed by atoms with van der Waals surface area (Å²) in [4.78, 5) is 0. The maximum Gasteiger partial charge on any atom is 0.411 e. The van der Waals surface area contributed by atoms with Crippen molar-refractivity contribution < 1.29 is 17.9 Å². The number of hydrogen-bond acceptors (Lipinski definition) is 2. The Labute approximate surface area is 108 Å². The summed E-state index contributed by atoms with van der Waals surface area (Å²) < 4.78 is 40.5. The zero-order valence-corrected chi connectivity index (χ0v) is 11.9. The van der Waals surface area contributed by atoms with Crippen LogP contribution < -0.4 is 5.32 Å². The van der Waals surface area contributed by atoms with Crippen molar-refractivity contribution in [1.82, 2.24) is 5.32 Å². The molecule has 0 aromatic heterocycles. The summed E-state index contributed by atoms with van der Waals surface area (Å²) in [6.07, 6.45) is -2.52. The van der Waals surface area contributed by atoms with Crippen molar-refractivity contribution in [2.24, 2.45) is 11.3 Å². The molecule has 0 rings (SSSR count). The van der Waals surface area contributed by atoms with Gasteiger partial charge in [0.2, 0.25) is 0 Å². The summed E-state index contributed by atoms with van der Waals surface area (Å²) in [5.74, 6) is 0.317. The van der Waals surface area contributed by atoms with Gasteiger partial charge >= 0.3 is 6.18 Å². The monoisotopic (exact) mass is 269 g/mol. The highest BCUT2D eigenvalue weighted by atomic mass is 19.4. The van der Waals surface area contributed by atoms with Crippen LogP contribution in [0.25, 0.3) is 0 Å². The molecule has 0 aromatic rings.